The Hall–Kier alpha value is -0.710. The molecule has 1 aliphatic rings. The van der Waals surface area contributed by atoms with E-state index in [-0.39, 0.29) is 17.7 Å². The second-order valence-electron chi connectivity index (χ2n) is 3.46. The van der Waals surface area contributed by atoms with E-state index in [1.807, 2.05) is 6.26 Å². The van der Waals surface area contributed by atoms with Crippen LogP contribution < -0.4 is 5.32 Å². The Morgan fingerprint density at radius 1 is 1.71 bits per heavy atom. The molecule has 4 nitrogen and oxygen atoms in total. The zero-order valence-corrected chi connectivity index (χ0v) is 9.39. The van der Waals surface area contributed by atoms with Crippen LogP contribution in [0.2, 0.25) is 0 Å². The van der Waals surface area contributed by atoms with Crippen LogP contribution in [0.5, 0.6) is 0 Å². The molecule has 0 bridgehead atoms. The van der Waals surface area contributed by atoms with Crippen LogP contribution in [0.4, 0.5) is 0 Å². The fourth-order valence-corrected chi connectivity index (χ4v) is 1.89. The summed E-state index contributed by atoms with van der Waals surface area (Å²) in [6, 6.07) is 0. The molecule has 1 fully saturated rings. The monoisotopic (exact) mass is 216 g/mol. The lowest BCUT2D eigenvalue weighted by molar-refractivity contribution is -0.134. The standard InChI is InChI=1S/C9H16N2O2S/c1-11(3-4-14-2)9(13)7-5-8(12)10-6-7/h7H,3-6H2,1-2H3,(H,10,12). The lowest BCUT2D eigenvalue weighted by atomic mass is 10.1. The van der Waals surface area contributed by atoms with Gasteiger partial charge in [-0.05, 0) is 6.26 Å². The first-order chi connectivity index (χ1) is 6.65. The number of carbonyl (C=O) groups excluding carboxylic acids is 2. The predicted octanol–water partition coefficient (Wildman–Crippen LogP) is -0.0561. The maximum atomic E-state index is 11.7. The Morgan fingerprint density at radius 3 is 2.93 bits per heavy atom. The van der Waals surface area contributed by atoms with Crippen molar-refractivity contribution in [2.75, 3.05) is 32.1 Å². The smallest absolute Gasteiger partial charge is 0.227 e. The number of amides is 2. The van der Waals surface area contributed by atoms with Gasteiger partial charge in [0.15, 0.2) is 0 Å². The van der Waals surface area contributed by atoms with Gasteiger partial charge in [-0.15, -0.1) is 0 Å². The van der Waals surface area contributed by atoms with Crippen LogP contribution in [0, 0.1) is 5.92 Å². The van der Waals surface area contributed by atoms with Gasteiger partial charge in [0.1, 0.15) is 0 Å². The van der Waals surface area contributed by atoms with Crippen molar-refractivity contribution in [3.05, 3.63) is 0 Å². The third-order valence-corrected chi connectivity index (χ3v) is 2.92. The van der Waals surface area contributed by atoms with E-state index < -0.39 is 0 Å². The van der Waals surface area contributed by atoms with E-state index >= 15 is 0 Å². The first-order valence-electron chi connectivity index (χ1n) is 4.65. The van der Waals surface area contributed by atoms with Crippen LogP contribution in [-0.4, -0.2) is 48.9 Å². The molecule has 1 saturated heterocycles. The summed E-state index contributed by atoms with van der Waals surface area (Å²) in [6.07, 6.45) is 2.36. The Kier molecular flexibility index (Phi) is 4.25. The van der Waals surface area contributed by atoms with Gasteiger partial charge in [-0.3, -0.25) is 9.59 Å². The van der Waals surface area contributed by atoms with Crippen molar-refractivity contribution >= 4 is 23.6 Å². The van der Waals surface area contributed by atoms with E-state index in [4.69, 9.17) is 0 Å². The minimum absolute atomic E-state index is 0.0124. The molecule has 1 heterocycles. The highest BCUT2D eigenvalue weighted by atomic mass is 32.2. The predicted molar refractivity (Wildman–Crippen MR) is 57.1 cm³/mol. The molecule has 1 unspecified atom stereocenters. The third-order valence-electron chi connectivity index (χ3n) is 2.33. The quantitative estimate of drug-likeness (QED) is 0.716. The van der Waals surface area contributed by atoms with E-state index in [2.05, 4.69) is 5.32 Å². The Labute approximate surface area is 88.4 Å². The highest BCUT2D eigenvalue weighted by molar-refractivity contribution is 7.98. The number of nitrogens with one attached hydrogen (secondary N) is 1. The SMILES string of the molecule is CSCCN(C)C(=O)C1CNC(=O)C1. The van der Waals surface area contributed by atoms with Crippen molar-refractivity contribution in [1.82, 2.24) is 10.2 Å². The second kappa shape index (κ2) is 5.24. The largest absolute Gasteiger partial charge is 0.355 e. The molecule has 1 N–H and O–H groups in total. The highest BCUT2D eigenvalue weighted by Gasteiger charge is 2.29. The molecular formula is C9H16N2O2S. The van der Waals surface area contributed by atoms with Gasteiger partial charge in [0.05, 0.1) is 5.92 Å². The van der Waals surface area contributed by atoms with E-state index in [9.17, 15) is 9.59 Å². The van der Waals surface area contributed by atoms with Gasteiger partial charge in [-0.25, -0.2) is 0 Å². The molecule has 1 rings (SSSR count). The average Bonchev–Trinajstić information content (AvgIpc) is 2.60. The summed E-state index contributed by atoms with van der Waals surface area (Å²) in [5.74, 6) is 0.865. The van der Waals surface area contributed by atoms with Gasteiger partial charge in [0.2, 0.25) is 11.8 Å². The highest BCUT2D eigenvalue weighted by Crippen LogP contribution is 2.11. The molecule has 2 amide bonds. The van der Waals surface area contributed by atoms with Gasteiger partial charge in [-0.1, -0.05) is 0 Å². The number of nitrogens with zero attached hydrogens (tertiary/aromatic N) is 1. The molecule has 14 heavy (non-hydrogen) atoms. The second-order valence-corrected chi connectivity index (χ2v) is 4.44. The average molecular weight is 216 g/mol. The number of hydrogen-bond donors (Lipinski definition) is 1. The van der Waals surface area contributed by atoms with Gasteiger partial charge >= 0.3 is 0 Å². The summed E-state index contributed by atoms with van der Waals surface area (Å²) < 4.78 is 0. The fraction of sp³-hybridized carbons (Fsp3) is 0.778. The van der Waals surface area contributed by atoms with Crippen LogP contribution in [0.1, 0.15) is 6.42 Å². The minimum Gasteiger partial charge on any atom is -0.355 e. The number of thioether (sulfide) groups is 1. The van der Waals surface area contributed by atoms with Crippen molar-refractivity contribution in [1.29, 1.82) is 0 Å². The summed E-state index contributed by atoms with van der Waals surface area (Å²) >= 11 is 1.71. The molecule has 1 aliphatic heterocycles. The van der Waals surface area contributed by atoms with Crippen LogP contribution in [0.3, 0.4) is 0 Å². The molecule has 0 aliphatic carbocycles. The van der Waals surface area contributed by atoms with Crippen molar-refractivity contribution in [3.8, 4) is 0 Å². The molecule has 0 saturated carbocycles. The van der Waals surface area contributed by atoms with Crippen LogP contribution >= 0.6 is 11.8 Å². The lowest BCUT2D eigenvalue weighted by Gasteiger charge is -2.19. The first-order valence-corrected chi connectivity index (χ1v) is 6.05. The molecule has 0 aromatic heterocycles. The molecule has 0 spiro atoms. The minimum atomic E-state index is -0.144. The van der Waals surface area contributed by atoms with Gasteiger partial charge < -0.3 is 10.2 Å². The Balaban J connectivity index is 2.36. The molecular weight excluding hydrogens is 200 g/mol. The summed E-state index contributed by atoms with van der Waals surface area (Å²) in [6.45, 7) is 1.26. The summed E-state index contributed by atoms with van der Waals surface area (Å²) in [7, 11) is 1.79. The molecule has 0 aromatic carbocycles. The number of carbonyl (C=O) groups is 2. The van der Waals surface area contributed by atoms with E-state index in [0.29, 0.717) is 13.0 Å². The molecule has 80 valence electrons. The topological polar surface area (TPSA) is 49.4 Å². The van der Waals surface area contributed by atoms with E-state index in [1.54, 1.807) is 23.7 Å². The maximum absolute atomic E-state index is 11.7. The van der Waals surface area contributed by atoms with Crippen molar-refractivity contribution < 1.29 is 9.59 Å². The molecule has 0 aromatic rings. The number of hydrogen-bond acceptors (Lipinski definition) is 3. The molecule has 1 atom stereocenters. The molecule has 0 radical (unpaired) electrons. The van der Waals surface area contributed by atoms with Crippen LogP contribution in [-0.2, 0) is 9.59 Å². The normalized spacial score (nSPS) is 20.7. The lowest BCUT2D eigenvalue weighted by Crippen LogP contribution is -2.35. The summed E-state index contributed by atoms with van der Waals surface area (Å²) in [5, 5.41) is 2.67. The fourth-order valence-electron chi connectivity index (χ4n) is 1.43. The maximum Gasteiger partial charge on any atom is 0.227 e. The summed E-state index contributed by atoms with van der Waals surface area (Å²) in [4.78, 5) is 24.3. The Morgan fingerprint density at radius 2 is 2.43 bits per heavy atom. The zero-order valence-electron chi connectivity index (χ0n) is 8.58. The number of rotatable bonds is 4. The Bertz CT molecular complexity index is 233. The van der Waals surface area contributed by atoms with E-state index in [0.717, 1.165) is 12.3 Å². The van der Waals surface area contributed by atoms with Crippen molar-refractivity contribution in [2.24, 2.45) is 5.92 Å². The van der Waals surface area contributed by atoms with Crippen molar-refractivity contribution in [2.45, 2.75) is 6.42 Å². The van der Waals surface area contributed by atoms with Gasteiger partial charge in [-0.2, -0.15) is 11.8 Å². The summed E-state index contributed by atoms with van der Waals surface area (Å²) in [5.41, 5.74) is 0. The van der Waals surface area contributed by atoms with Crippen LogP contribution in [0.15, 0.2) is 0 Å². The third kappa shape index (κ3) is 2.90. The van der Waals surface area contributed by atoms with Crippen LogP contribution in [0.25, 0.3) is 0 Å². The van der Waals surface area contributed by atoms with Crippen molar-refractivity contribution in [3.63, 3.8) is 0 Å². The van der Waals surface area contributed by atoms with Gasteiger partial charge in [0, 0.05) is 32.3 Å². The first kappa shape index (κ1) is 11.4. The molecule has 5 heteroatoms. The van der Waals surface area contributed by atoms with E-state index in [1.165, 1.54) is 0 Å². The van der Waals surface area contributed by atoms with Gasteiger partial charge in [0.25, 0.3) is 0 Å². The zero-order chi connectivity index (χ0) is 10.6.